The monoisotopic (exact) mass is 571 g/mol. The second-order valence-electron chi connectivity index (χ2n) is 6.21. The fourth-order valence-electron chi connectivity index (χ4n) is 2.89. The van der Waals surface area contributed by atoms with Crippen molar-refractivity contribution in [3.8, 4) is 0 Å². The minimum Gasteiger partial charge on any atom is -0.358 e. The van der Waals surface area contributed by atoms with Crippen LogP contribution in [0.15, 0.2) is 78.9 Å². The summed E-state index contributed by atoms with van der Waals surface area (Å²) in [7, 11) is 0. The number of fused-ring (bicyclic) bond motifs is 2. The Hall–Kier alpha value is -1.47. The van der Waals surface area contributed by atoms with Crippen LogP contribution in [0.3, 0.4) is 0 Å². The first-order valence-electron chi connectivity index (χ1n) is 7.98. The summed E-state index contributed by atoms with van der Waals surface area (Å²) in [5.41, 5.74) is 1.49. The van der Waals surface area contributed by atoms with E-state index in [-0.39, 0.29) is 77.8 Å². The number of hydrogen-bond donors (Lipinski definition) is 0. The molecule has 0 aliphatic rings. The van der Waals surface area contributed by atoms with Crippen LogP contribution in [0.2, 0.25) is 0 Å². The molecule has 0 atom stereocenters. The van der Waals surface area contributed by atoms with Crippen LogP contribution in [0.1, 0.15) is 19.4 Å². The molecule has 0 fully saturated rings. The maximum atomic E-state index is 2.34. The van der Waals surface area contributed by atoms with Gasteiger partial charge in [0.2, 0.25) is 0 Å². The molecule has 0 amide bonds. The Kier molecular flexibility index (Phi) is 29.5. The Bertz CT molecular complexity index is 818. The van der Waals surface area contributed by atoms with Gasteiger partial charge in [-0.1, -0.05) is 61.9 Å². The molecule has 0 aliphatic heterocycles. The summed E-state index contributed by atoms with van der Waals surface area (Å²) < 4.78 is 0. The largest absolute Gasteiger partial charge is 0.358 e. The van der Waals surface area contributed by atoms with E-state index in [2.05, 4.69) is 62.4 Å². The number of hydrogen-bond acceptors (Lipinski definition) is 0. The standard InChI is InChI=1S/C17H17.C5H5.7CH3.Hf/c1-12(2)9-15-7-8-16-10-13-5-3-4-6-14(13)11-17(15)16;1-2-4-5-3-1;;;;;;;;/h3-8,10-12H,9H2,1-2H3;1-5H;7*1H3;/q9*-1;. The first-order valence-corrected chi connectivity index (χ1v) is 7.98. The van der Waals surface area contributed by atoms with Crippen molar-refractivity contribution in [2.75, 3.05) is 0 Å². The van der Waals surface area contributed by atoms with Crippen molar-refractivity contribution in [1.29, 1.82) is 0 Å². The molecule has 0 nitrogen and oxygen atoms in total. The van der Waals surface area contributed by atoms with E-state index in [0.29, 0.717) is 5.92 Å². The third kappa shape index (κ3) is 11.1. The van der Waals surface area contributed by atoms with Gasteiger partial charge in [-0.05, 0) is 5.39 Å². The molecule has 0 aliphatic carbocycles. The summed E-state index contributed by atoms with van der Waals surface area (Å²) in [5.74, 6) is 0.715. The van der Waals surface area contributed by atoms with Gasteiger partial charge in [-0.15, -0.1) is 28.5 Å². The van der Waals surface area contributed by atoms with Crippen molar-refractivity contribution >= 4 is 21.5 Å². The maximum Gasteiger partial charge on any atom is 0 e. The molecule has 0 saturated carbocycles. The average Bonchev–Trinajstić information content (AvgIpc) is 3.19. The van der Waals surface area contributed by atoms with E-state index >= 15 is 0 Å². The van der Waals surface area contributed by atoms with E-state index < -0.39 is 0 Å². The van der Waals surface area contributed by atoms with Gasteiger partial charge in [-0.2, -0.15) is 24.3 Å². The minimum absolute atomic E-state index is 0. The molecule has 4 aromatic carbocycles. The maximum absolute atomic E-state index is 2.34. The van der Waals surface area contributed by atoms with Crippen LogP contribution in [0.5, 0.6) is 0 Å². The van der Waals surface area contributed by atoms with E-state index in [4.69, 9.17) is 0 Å². The van der Waals surface area contributed by atoms with Crippen molar-refractivity contribution in [3.63, 3.8) is 0 Å². The van der Waals surface area contributed by atoms with Crippen LogP contribution in [0.25, 0.3) is 21.5 Å². The molecular formula is C29H43Hf-9. The second-order valence-corrected chi connectivity index (χ2v) is 6.21. The Morgan fingerprint density at radius 2 is 1.20 bits per heavy atom. The van der Waals surface area contributed by atoms with Crippen LogP contribution in [-0.4, -0.2) is 0 Å². The fraction of sp³-hybridized carbons (Fsp3) is 0.138. The van der Waals surface area contributed by atoms with Gasteiger partial charge in [0, 0.05) is 25.8 Å². The molecule has 172 valence electrons. The molecule has 4 aromatic rings. The molecular weight excluding hydrogens is 527 g/mol. The quantitative estimate of drug-likeness (QED) is 0.167. The Labute approximate surface area is 209 Å². The van der Waals surface area contributed by atoms with E-state index in [1.807, 2.05) is 30.3 Å². The van der Waals surface area contributed by atoms with Crippen molar-refractivity contribution in [2.24, 2.45) is 5.92 Å². The summed E-state index contributed by atoms with van der Waals surface area (Å²) in [6.07, 6.45) is 1.17. The van der Waals surface area contributed by atoms with Crippen LogP contribution >= 0.6 is 0 Å². The predicted octanol–water partition coefficient (Wildman–Crippen LogP) is 9.47. The summed E-state index contributed by atoms with van der Waals surface area (Å²) in [5, 5.41) is 5.48. The van der Waals surface area contributed by atoms with E-state index in [1.54, 1.807) is 0 Å². The molecule has 0 N–H and O–H groups in total. The fourth-order valence-corrected chi connectivity index (χ4v) is 2.89. The van der Waals surface area contributed by atoms with Gasteiger partial charge in [-0.3, -0.25) is 0 Å². The van der Waals surface area contributed by atoms with Gasteiger partial charge in [0.05, 0.1) is 0 Å². The molecule has 0 bridgehead atoms. The summed E-state index contributed by atoms with van der Waals surface area (Å²) in [6, 6.07) is 27.8. The normalized spacial score (nSPS) is 7.97. The molecule has 1 heteroatoms. The third-order valence-corrected chi connectivity index (χ3v) is 3.91. The van der Waals surface area contributed by atoms with Crippen LogP contribution in [0, 0.1) is 57.9 Å². The Morgan fingerprint density at radius 3 is 1.63 bits per heavy atom. The number of benzene rings is 2. The predicted molar refractivity (Wildman–Crippen MR) is 143 cm³/mol. The van der Waals surface area contributed by atoms with Crippen LogP contribution < -0.4 is 0 Å². The second kappa shape index (κ2) is 20.8. The molecule has 4 rings (SSSR count). The van der Waals surface area contributed by atoms with Crippen molar-refractivity contribution in [1.82, 2.24) is 0 Å². The van der Waals surface area contributed by atoms with E-state index in [1.165, 1.54) is 33.5 Å². The molecule has 30 heavy (non-hydrogen) atoms. The summed E-state index contributed by atoms with van der Waals surface area (Å²) >= 11 is 0. The Balaban J connectivity index is -0.0000000997. The number of rotatable bonds is 2. The van der Waals surface area contributed by atoms with Gasteiger partial charge >= 0.3 is 0 Å². The van der Waals surface area contributed by atoms with Crippen LogP contribution in [-0.2, 0) is 32.3 Å². The van der Waals surface area contributed by atoms with Gasteiger partial charge in [0.15, 0.2) is 0 Å². The molecule has 0 radical (unpaired) electrons. The zero-order valence-electron chi connectivity index (χ0n) is 20.8. The van der Waals surface area contributed by atoms with Gasteiger partial charge in [0.25, 0.3) is 0 Å². The van der Waals surface area contributed by atoms with Crippen molar-refractivity contribution in [3.05, 3.63) is 136 Å². The van der Waals surface area contributed by atoms with E-state index in [0.717, 1.165) is 0 Å². The molecule has 0 aromatic heterocycles. The van der Waals surface area contributed by atoms with Crippen molar-refractivity contribution < 1.29 is 25.8 Å². The van der Waals surface area contributed by atoms with Gasteiger partial charge < -0.3 is 52.0 Å². The first-order chi connectivity index (χ1) is 10.7. The SMILES string of the molecule is CC(C)C[c-]1ccc2cc3ccccc3cc21.[CH3-].[CH3-].[CH3-].[CH3-].[CH3-].[CH3-].[CH3-].[Hf].c1cc[cH-]c1. The summed E-state index contributed by atoms with van der Waals surface area (Å²) in [4.78, 5) is 0. The van der Waals surface area contributed by atoms with Crippen molar-refractivity contribution in [2.45, 2.75) is 20.3 Å². The molecule has 0 spiro atoms. The topological polar surface area (TPSA) is 0 Å². The zero-order valence-corrected chi connectivity index (χ0v) is 24.4. The molecule has 0 saturated heterocycles. The van der Waals surface area contributed by atoms with E-state index in [9.17, 15) is 0 Å². The smallest absolute Gasteiger partial charge is 0 e. The third-order valence-electron chi connectivity index (χ3n) is 3.91. The van der Waals surface area contributed by atoms with Gasteiger partial charge in [0.1, 0.15) is 0 Å². The molecule has 0 unspecified atom stereocenters. The van der Waals surface area contributed by atoms with Gasteiger partial charge in [-0.25, -0.2) is 12.1 Å². The first kappa shape index (κ1) is 42.6. The Morgan fingerprint density at radius 1 is 0.700 bits per heavy atom. The average molecular weight is 570 g/mol. The van der Waals surface area contributed by atoms with Crippen LogP contribution in [0.4, 0.5) is 0 Å². The molecule has 0 heterocycles. The summed E-state index contributed by atoms with van der Waals surface area (Å²) in [6.45, 7) is 4.56. The minimum atomic E-state index is 0. The zero-order chi connectivity index (χ0) is 15.4.